The molecule has 1 aromatic carbocycles. The van der Waals surface area contributed by atoms with Crippen LogP contribution >= 0.6 is 15.9 Å². The molecule has 0 aliphatic heterocycles. The van der Waals surface area contributed by atoms with Crippen molar-refractivity contribution in [1.82, 2.24) is 0 Å². The molecule has 0 saturated heterocycles. The predicted molar refractivity (Wildman–Crippen MR) is 85.3 cm³/mol. The summed E-state index contributed by atoms with van der Waals surface area (Å²) in [4.78, 5) is 12.5. The summed E-state index contributed by atoms with van der Waals surface area (Å²) in [6, 6.07) is 4.50. The van der Waals surface area contributed by atoms with Crippen LogP contribution in [0.1, 0.15) is 46.6 Å². The lowest BCUT2D eigenvalue weighted by Crippen LogP contribution is -2.49. The Balaban J connectivity index is 3.29. The van der Waals surface area contributed by atoms with Gasteiger partial charge in [0.2, 0.25) is 0 Å². The average molecular weight is 360 g/mol. The van der Waals surface area contributed by atoms with Gasteiger partial charge in [-0.25, -0.2) is 9.18 Å². The van der Waals surface area contributed by atoms with Gasteiger partial charge in [-0.3, -0.25) is 0 Å². The summed E-state index contributed by atoms with van der Waals surface area (Å²) < 4.78 is 19.4. The summed E-state index contributed by atoms with van der Waals surface area (Å²) in [6.45, 7) is 9.46. The molecule has 1 atom stereocenters. The summed E-state index contributed by atoms with van der Waals surface area (Å²) in [7, 11) is 0. The molecule has 5 heteroatoms. The first kappa shape index (κ1) is 18.1. The van der Waals surface area contributed by atoms with Crippen molar-refractivity contribution in [3.05, 3.63) is 34.1 Å². The monoisotopic (exact) mass is 359 g/mol. The SMILES string of the molecule is CC(C)OC(=O)[C@@](N)(CC(C)(C)C)c1ccc(Br)c(F)c1. The number of nitrogens with two attached hydrogens (primary N) is 1. The minimum Gasteiger partial charge on any atom is -0.461 e. The summed E-state index contributed by atoms with van der Waals surface area (Å²) in [5, 5.41) is 0. The van der Waals surface area contributed by atoms with Crippen LogP contribution < -0.4 is 5.73 Å². The fourth-order valence-electron chi connectivity index (χ4n) is 2.22. The van der Waals surface area contributed by atoms with E-state index in [1.165, 1.54) is 6.07 Å². The molecule has 0 heterocycles. The summed E-state index contributed by atoms with van der Waals surface area (Å²) in [6.07, 6.45) is 0.0767. The minimum absolute atomic E-state index is 0.214. The van der Waals surface area contributed by atoms with E-state index in [0.29, 0.717) is 16.5 Å². The maximum atomic E-state index is 13.8. The van der Waals surface area contributed by atoms with Crippen molar-refractivity contribution >= 4 is 21.9 Å². The van der Waals surface area contributed by atoms with E-state index in [0.717, 1.165) is 0 Å². The first-order valence-electron chi connectivity index (χ1n) is 6.91. The normalized spacial score (nSPS) is 14.9. The largest absolute Gasteiger partial charge is 0.461 e. The Morgan fingerprint density at radius 2 is 1.95 bits per heavy atom. The van der Waals surface area contributed by atoms with Crippen molar-refractivity contribution in [3.63, 3.8) is 0 Å². The number of rotatable bonds is 4. The van der Waals surface area contributed by atoms with E-state index in [4.69, 9.17) is 10.5 Å². The van der Waals surface area contributed by atoms with E-state index in [-0.39, 0.29) is 11.5 Å². The number of benzene rings is 1. The summed E-state index contributed by atoms with van der Waals surface area (Å²) in [5.41, 5.74) is 5.19. The van der Waals surface area contributed by atoms with Crippen LogP contribution in [0.4, 0.5) is 4.39 Å². The lowest BCUT2D eigenvalue weighted by Gasteiger charge is -2.34. The van der Waals surface area contributed by atoms with E-state index in [1.54, 1.807) is 26.0 Å². The van der Waals surface area contributed by atoms with Crippen LogP contribution in [0.5, 0.6) is 0 Å². The van der Waals surface area contributed by atoms with Gasteiger partial charge in [0.25, 0.3) is 0 Å². The second-order valence-corrected chi connectivity index (χ2v) is 7.65. The smallest absolute Gasteiger partial charge is 0.331 e. The Labute approximate surface area is 134 Å². The van der Waals surface area contributed by atoms with Crippen LogP contribution in [0.2, 0.25) is 0 Å². The van der Waals surface area contributed by atoms with Crippen molar-refractivity contribution in [3.8, 4) is 0 Å². The minimum atomic E-state index is -1.37. The second kappa shape index (κ2) is 6.44. The molecule has 0 aromatic heterocycles. The molecule has 2 N–H and O–H groups in total. The third kappa shape index (κ3) is 4.78. The Hall–Kier alpha value is -0.940. The van der Waals surface area contributed by atoms with Crippen molar-refractivity contribution < 1.29 is 13.9 Å². The zero-order chi connectivity index (χ0) is 16.4. The lowest BCUT2D eigenvalue weighted by molar-refractivity contribution is -0.156. The predicted octanol–water partition coefficient (Wildman–Crippen LogP) is 4.13. The molecule has 118 valence electrons. The highest BCUT2D eigenvalue weighted by atomic mass is 79.9. The quantitative estimate of drug-likeness (QED) is 0.822. The summed E-state index contributed by atoms with van der Waals surface area (Å²) >= 11 is 3.10. The number of carbonyl (C=O) groups excluding carboxylic acids is 1. The van der Waals surface area contributed by atoms with Crippen molar-refractivity contribution in [2.75, 3.05) is 0 Å². The lowest BCUT2D eigenvalue weighted by atomic mass is 9.76. The Morgan fingerprint density at radius 3 is 2.38 bits per heavy atom. The second-order valence-electron chi connectivity index (χ2n) is 6.79. The maximum absolute atomic E-state index is 13.8. The van der Waals surface area contributed by atoms with Gasteiger partial charge in [0.15, 0.2) is 0 Å². The van der Waals surface area contributed by atoms with Gasteiger partial charge in [-0.05, 0) is 59.3 Å². The zero-order valence-electron chi connectivity index (χ0n) is 13.2. The van der Waals surface area contributed by atoms with E-state index in [1.807, 2.05) is 20.8 Å². The first-order chi connectivity index (χ1) is 9.45. The van der Waals surface area contributed by atoms with Crippen LogP contribution in [0, 0.1) is 11.2 Å². The Bertz CT molecular complexity index is 525. The average Bonchev–Trinajstić information content (AvgIpc) is 2.29. The highest BCUT2D eigenvalue weighted by molar-refractivity contribution is 9.10. The van der Waals surface area contributed by atoms with Gasteiger partial charge in [0.05, 0.1) is 10.6 Å². The van der Waals surface area contributed by atoms with Crippen LogP contribution in [0.15, 0.2) is 22.7 Å². The maximum Gasteiger partial charge on any atom is 0.331 e. The summed E-state index contributed by atoms with van der Waals surface area (Å²) in [5.74, 6) is -0.984. The number of esters is 1. The first-order valence-corrected chi connectivity index (χ1v) is 7.70. The molecule has 1 aromatic rings. The van der Waals surface area contributed by atoms with Crippen molar-refractivity contribution in [2.45, 2.75) is 52.7 Å². The third-order valence-corrected chi connectivity index (χ3v) is 3.59. The van der Waals surface area contributed by atoms with Crippen molar-refractivity contribution in [1.29, 1.82) is 0 Å². The van der Waals surface area contributed by atoms with E-state index >= 15 is 0 Å². The van der Waals surface area contributed by atoms with E-state index in [9.17, 15) is 9.18 Å². The molecule has 1 rings (SSSR count). The van der Waals surface area contributed by atoms with Crippen LogP contribution in [0.25, 0.3) is 0 Å². The molecule has 0 aliphatic rings. The van der Waals surface area contributed by atoms with Gasteiger partial charge in [-0.2, -0.15) is 0 Å². The number of hydrogen-bond acceptors (Lipinski definition) is 3. The van der Waals surface area contributed by atoms with E-state index < -0.39 is 17.3 Å². The van der Waals surface area contributed by atoms with Gasteiger partial charge in [0.1, 0.15) is 11.4 Å². The molecule has 0 saturated carbocycles. The molecule has 21 heavy (non-hydrogen) atoms. The zero-order valence-corrected chi connectivity index (χ0v) is 14.8. The van der Waals surface area contributed by atoms with Crippen LogP contribution in [-0.2, 0) is 15.1 Å². The van der Waals surface area contributed by atoms with Gasteiger partial charge in [-0.15, -0.1) is 0 Å². The molecular formula is C16H23BrFNO2. The van der Waals surface area contributed by atoms with Gasteiger partial charge in [0, 0.05) is 0 Å². The molecule has 0 fully saturated rings. The number of carbonyl (C=O) groups is 1. The molecule has 0 amide bonds. The number of ether oxygens (including phenoxy) is 1. The van der Waals surface area contributed by atoms with Gasteiger partial charge < -0.3 is 10.5 Å². The highest BCUT2D eigenvalue weighted by Crippen LogP contribution is 2.35. The highest BCUT2D eigenvalue weighted by Gasteiger charge is 2.41. The Kier molecular flexibility index (Phi) is 5.56. The van der Waals surface area contributed by atoms with Crippen LogP contribution in [0.3, 0.4) is 0 Å². The molecular weight excluding hydrogens is 337 g/mol. The van der Waals surface area contributed by atoms with Gasteiger partial charge in [-0.1, -0.05) is 26.8 Å². The Morgan fingerprint density at radius 1 is 1.38 bits per heavy atom. The topological polar surface area (TPSA) is 52.3 Å². The fourth-order valence-corrected chi connectivity index (χ4v) is 2.47. The van der Waals surface area contributed by atoms with E-state index in [2.05, 4.69) is 15.9 Å². The van der Waals surface area contributed by atoms with Crippen LogP contribution in [-0.4, -0.2) is 12.1 Å². The molecule has 0 aliphatic carbocycles. The molecule has 0 spiro atoms. The standard InChI is InChI=1S/C16H23BrFNO2/c1-10(2)21-14(20)16(19,9-15(3,4)5)11-6-7-12(17)13(18)8-11/h6-8,10H,9,19H2,1-5H3/t16-/m1/s1. The van der Waals surface area contributed by atoms with Crippen molar-refractivity contribution in [2.24, 2.45) is 11.1 Å². The third-order valence-electron chi connectivity index (χ3n) is 2.95. The number of hydrogen-bond donors (Lipinski definition) is 1. The van der Waals surface area contributed by atoms with Gasteiger partial charge >= 0.3 is 5.97 Å². The molecule has 3 nitrogen and oxygen atoms in total. The molecule has 0 radical (unpaired) electrons. The molecule has 0 bridgehead atoms. The number of halogens is 2. The fraction of sp³-hybridized carbons (Fsp3) is 0.562. The molecule has 0 unspecified atom stereocenters.